The van der Waals surface area contributed by atoms with Gasteiger partial charge >= 0.3 is 5.97 Å². The van der Waals surface area contributed by atoms with Gasteiger partial charge in [-0.3, -0.25) is 9.89 Å². The molecule has 1 aromatic carbocycles. The van der Waals surface area contributed by atoms with Gasteiger partial charge in [-0.15, -0.1) is 11.3 Å². The predicted octanol–water partition coefficient (Wildman–Crippen LogP) is 3.10. The van der Waals surface area contributed by atoms with Gasteiger partial charge in [-0.1, -0.05) is 6.07 Å². The first-order valence-corrected chi connectivity index (χ1v) is 8.83. The number of hydrogen-bond donors (Lipinski definition) is 3. The van der Waals surface area contributed by atoms with Crippen molar-refractivity contribution in [1.29, 1.82) is 0 Å². The average Bonchev–Trinajstić information content (AvgIpc) is 3.33. The molecule has 3 N–H and O–H groups in total. The lowest BCUT2D eigenvalue weighted by Crippen LogP contribution is -2.23. The first kappa shape index (κ1) is 17.7. The first-order valence-electron chi connectivity index (χ1n) is 7.95. The van der Waals surface area contributed by atoms with E-state index in [1.807, 2.05) is 23.5 Å². The Morgan fingerprint density at radius 2 is 2.19 bits per heavy atom. The van der Waals surface area contributed by atoms with Crippen molar-refractivity contribution in [2.45, 2.75) is 6.42 Å². The second kappa shape index (κ2) is 7.83. The number of thiophene rings is 1. The number of rotatable bonds is 7. The second-order valence-corrected chi connectivity index (χ2v) is 6.69. The highest BCUT2D eigenvalue weighted by Crippen LogP contribution is 2.28. The average molecular weight is 370 g/mol. The number of hydrogen-bond acceptors (Lipinski definition) is 5. The third-order valence-electron chi connectivity index (χ3n) is 3.94. The molecule has 134 valence electrons. The van der Waals surface area contributed by atoms with Crippen LogP contribution in [0.5, 0.6) is 0 Å². The van der Waals surface area contributed by atoms with Crippen molar-refractivity contribution < 1.29 is 14.7 Å². The molecular formula is C18H18N4O3S. The Kier molecular flexibility index (Phi) is 5.33. The zero-order chi connectivity index (χ0) is 18.5. The number of anilines is 2. The van der Waals surface area contributed by atoms with Crippen LogP contribution in [-0.4, -0.2) is 40.8 Å². The molecule has 0 aliphatic rings. The summed E-state index contributed by atoms with van der Waals surface area (Å²) in [5.41, 5.74) is 2.42. The van der Waals surface area contributed by atoms with Crippen molar-refractivity contribution >= 4 is 34.6 Å². The monoisotopic (exact) mass is 370 g/mol. The minimum absolute atomic E-state index is 0.124. The number of benzene rings is 1. The molecule has 0 spiro atoms. The molecule has 3 rings (SSSR count). The minimum Gasteiger partial charge on any atom is -0.478 e. The molecule has 0 bridgehead atoms. The third kappa shape index (κ3) is 4.09. The lowest BCUT2D eigenvalue weighted by molar-refractivity contribution is 0.0696. The molecule has 1 amide bonds. The number of nitrogens with one attached hydrogen (secondary N) is 2. The van der Waals surface area contributed by atoms with Gasteiger partial charge in [0.1, 0.15) is 0 Å². The smallest absolute Gasteiger partial charge is 0.335 e. The molecule has 0 saturated heterocycles. The van der Waals surface area contributed by atoms with Crippen LogP contribution in [-0.2, 0) is 6.42 Å². The van der Waals surface area contributed by atoms with Gasteiger partial charge in [-0.25, -0.2) is 4.79 Å². The summed E-state index contributed by atoms with van der Waals surface area (Å²) in [6.07, 6.45) is 4.37. The summed E-state index contributed by atoms with van der Waals surface area (Å²) in [4.78, 5) is 26.2. The zero-order valence-electron chi connectivity index (χ0n) is 14.1. The van der Waals surface area contributed by atoms with E-state index >= 15 is 0 Å². The zero-order valence-corrected chi connectivity index (χ0v) is 14.9. The maximum atomic E-state index is 12.4. The molecule has 0 aliphatic carbocycles. The molecule has 8 heteroatoms. The number of H-pyrrole nitrogens is 1. The quantitative estimate of drug-likeness (QED) is 0.594. The Morgan fingerprint density at radius 3 is 2.85 bits per heavy atom. The molecular weight excluding hydrogens is 352 g/mol. The molecule has 26 heavy (non-hydrogen) atoms. The van der Waals surface area contributed by atoms with Gasteiger partial charge in [0.05, 0.1) is 28.0 Å². The molecule has 0 saturated carbocycles. The van der Waals surface area contributed by atoms with Crippen LogP contribution in [0.4, 0.5) is 11.4 Å². The van der Waals surface area contributed by atoms with Crippen LogP contribution in [0.2, 0.25) is 0 Å². The number of aromatic nitrogens is 2. The topological polar surface area (TPSA) is 98.3 Å². The summed E-state index contributed by atoms with van der Waals surface area (Å²) in [6, 6.07) is 8.25. The highest BCUT2D eigenvalue weighted by atomic mass is 32.1. The van der Waals surface area contributed by atoms with E-state index in [1.165, 1.54) is 23.5 Å². The number of carboxylic acids is 1. The van der Waals surface area contributed by atoms with Crippen LogP contribution in [0.25, 0.3) is 0 Å². The van der Waals surface area contributed by atoms with Gasteiger partial charge < -0.3 is 15.3 Å². The van der Waals surface area contributed by atoms with Crippen molar-refractivity contribution in [3.8, 4) is 0 Å². The summed E-state index contributed by atoms with van der Waals surface area (Å²) in [5.74, 6) is -1.30. The molecule has 2 aromatic heterocycles. The Bertz CT molecular complexity index is 891. The van der Waals surface area contributed by atoms with E-state index in [1.54, 1.807) is 24.4 Å². The van der Waals surface area contributed by atoms with Crippen molar-refractivity contribution in [2.24, 2.45) is 0 Å². The van der Waals surface area contributed by atoms with Gasteiger partial charge in [-0.2, -0.15) is 5.10 Å². The van der Waals surface area contributed by atoms with Crippen molar-refractivity contribution in [3.05, 3.63) is 64.1 Å². The molecule has 2 heterocycles. The molecule has 0 unspecified atom stereocenters. The molecule has 0 aliphatic heterocycles. The predicted molar refractivity (Wildman–Crippen MR) is 101 cm³/mol. The fourth-order valence-electron chi connectivity index (χ4n) is 2.53. The van der Waals surface area contributed by atoms with E-state index < -0.39 is 5.97 Å². The second-order valence-electron chi connectivity index (χ2n) is 5.75. The lowest BCUT2D eigenvalue weighted by Gasteiger charge is -2.23. The fourth-order valence-corrected chi connectivity index (χ4v) is 3.14. The van der Waals surface area contributed by atoms with Gasteiger partial charge in [-0.05, 0) is 41.6 Å². The number of likely N-dealkylation sites (N-methyl/N-ethyl adjacent to an activating group) is 1. The standard InChI is InChI=1S/C18H18N4O3S/c1-22(7-6-12-10-19-20-11-12)15-5-4-13(18(24)25)9-14(15)21-17(23)16-3-2-8-26-16/h2-5,8-11H,6-7H2,1H3,(H,19,20)(H,21,23)(H,24,25). The Morgan fingerprint density at radius 1 is 1.35 bits per heavy atom. The van der Waals surface area contributed by atoms with E-state index in [9.17, 15) is 14.7 Å². The number of nitrogens with zero attached hydrogens (tertiary/aromatic N) is 2. The van der Waals surface area contributed by atoms with Crippen molar-refractivity contribution in [2.75, 3.05) is 23.8 Å². The lowest BCUT2D eigenvalue weighted by atomic mass is 10.1. The Balaban J connectivity index is 1.83. The number of carboxylic acid groups (broad SMARTS) is 1. The molecule has 0 radical (unpaired) electrons. The summed E-state index contributed by atoms with van der Waals surface area (Å²) < 4.78 is 0. The fraction of sp³-hybridized carbons (Fsp3) is 0.167. The number of aromatic carboxylic acids is 1. The van der Waals surface area contributed by atoms with Crippen LogP contribution in [0.1, 0.15) is 25.6 Å². The number of carbonyl (C=O) groups excluding carboxylic acids is 1. The maximum absolute atomic E-state index is 12.4. The van der Waals surface area contributed by atoms with E-state index in [0.717, 1.165) is 17.7 Å². The molecule has 3 aromatic rings. The van der Waals surface area contributed by atoms with Crippen LogP contribution < -0.4 is 10.2 Å². The molecule has 7 nitrogen and oxygen atoms in total. The van der Waals surface area contributed by atoms with Gasteiger partial charge in [0.25, 0.3) is 5.91 Å². The normalized spacial score (nSPS) is 10.5. The van der Waals surface area contributed by atoms with Crippen LogP contribution >= 0.6 is 11.3 Å². The molecule has 0 atom stereocenters. The largest absolute Gasteiger partial charge is 0.478 e. The summed E-state index contributed by atoms with van der Waals surface area (Å²) in [7, 11) is 1.90. The van der Waals surface area contributed by atoms with E-state index in [4.69, 9.17) is 0 Å². The summed E-state index contributed by atoms with van der Waals surface area (Å²) >= 11 is 1.33. The van der Waals surface area contributed by atoms with Gasteiger partial charge in [0, 0.05) is 19.8 Å². The highest BCUT2D eigenvalue weighted by molar-refractivity contribution is 7.12. The Hall–Kier alpha value is -3.13. The van der Waals surface area contributed by atoms with E-state index in [2.05, 4.69) is 15.5 Å². The summed E-state index contributed by atoms with van der Waals surface area (Å²) in [5, 5.41) is 20.6. The van der Waals surface area contributed by atoms with Crippen LogP contribution in [0, 0.1) is 0 Å². The SMILES string of the molecule is CN(CCc1cn[nH]c1)c1ccc(C(=O)O)cc1NC(=O)c1cccs1. The maximum Gasteiger partial charge on any atom is 0.335 e. The van der Waals surface area contributed by atoms with Gasteiger partial charge in [0.15, 0.2) is 0 Å². The molecule has 0 fully saturated rings. The number of aromatic amines is 1. The number of carbonyl (C=O) groups is 2. The van der Waals surface area contributed by atoms with Crippen molar-refractivity contribution in [1.82, 2.24) is 10.2 Å². The third-order valence-corrected chi connectivity index (χ3v) is 4.81. The number of amides is 1. The van der Waals surface area contributed by atoms with Crippen molar-refractivity contribution in [3.63, 3.8) is 0 Å². The first-order chi connectivity index (χ1) is 12.5. The van der Waals surface area contributed by atoms with E-state index in [0.29, 0.717) is 17.1 Å². The van der Waals surface area contributed by atoms with Crippen LogP contribution in [0.3, 0.4) is 0 Å². The van der Waals surface area contributed by atoms with Crippen LogP contribution in [0.15, 0.2) is 48.1 Å². The highest BCUT2D eigenvalue weighted by Gasteiger charge is 2.15. The van der Waals surface area contributed by atoms with Gasteiger partial charge in [0.2, 0.25) is 0 Å². The minimum atomic E-state index is -1.04. The van der Waals surface area contributed by atoms with E-state index in [-0.39, 0.29) is 11.5 Å². The Labute approximate surface area is 154 Å². The summed E-state index contributed by atoms with van der Waals surface area (Å²) in [6.45, 7) is 0.688.